The summed E-state index contributed by atoms with van der Waals surface area (Å²) in [7, 11) is 0. The molecule has 4 N–H and O–H groups in total. The third kappa shape index (κ3) is 6.67. The van der Waals surface area contributed by atoms with E-state index in [4.69, 9.17) is 31.2 Å². The monoisotopic (exact) mass is 676 g/mol. The summed E-state index contributed by atoms with van der Waals surface area (Å²) >= 11 is 6.04. The maximum atomic E-state index is 15.3. The van der Waals surface area contributed by atoms with Gasteiger partial charge in [0.05, 0.1) is 36.4 Å². The van der Waals surface area contributed by atoms with Gasteiger partial charge in [-0.25, -0.2) is 18.7 Å². The molecule has 13 heteroatoms. The largest absolute Gasteiger partial charge is 0.491 e. The van der Waals surface area contributed by atoms with Gasteiger partial charge in [-0.3, -0.25) is 9.59 Å². The van der Waals surface area contributed by atoms with Crippen LogP contribution in [0.5, 0.6) is 11.5 Å². The SMILES string of the molecule is CCOc1c(CC(N)=O)cc([C@@](O)(CNC(=O)c2cc(OC3CC3)c3nc(C)oc3c2)c2ccccc2)nc1-c1cc(Cl)c(F)cc1F. The average Bonchev–Trinajstić information content (AvgIpc) is 3.79. The van der Waals surface area contributed by atoms with E-state index >= 15 is 4.39 Å². The highest BCUT2D eigenvalue weighted by molar-refractivity contribution is 6.31. The van der Waals surface area contributed by atoms with E-state index in [9.17, 15) is 19.1 Å². The molecule has 0 bridgehead atoms. The third-order valence-corrected chi connectivity index (χ3v) is 8.08. The summed E-state index contributed by atoms with van der Waals surface area (Å²) in [4.78, 5) is 34.9. The van der Waals surface area contributed by atoms with Crippen LogP contribution in [0.1, 0.15) is 52.8 Å². The molecule has 1 aliphatic rings. The van der Waals surface area contributed by atoms with Crippen molar-refractivity contribution in [3.8, 4) is 22.8 Å². The maximum Gasteiger partial charge on any atom is 0.251 e. The van der Waals surface area contributed by atoms with E-state index in [1.54, 1.807) is 50.2 Å². The predicted molar refractivity (Wildman–Crippen MR) is 173 cm³/mol. The number of carbonyl (C=O) groups is 2. The first kappa shape index (κ1) is 32.9. The van der Waals surface area contributed by atoms with Crippen LogP contribution in [0.4, 0.5) is 8.78 Å². The highest BCUT2D eigenvalue weighted by atomic mass is 35.5. The Bertz CT molecular complexity index is 2040. The number of aryl methyl sites for hydroxylation is 1. The van der Waals surface area contributed by atoms with Crippen LogP contribution < -0.4 is 20.5 Å². The first-order chi connectivity index (χ1) is 23.0. The number of hydrogen-bond acceptors (Lipinski definition) is 8. The van der Waals surface area contributed by atoms with Gasteiger partial charge in [0, 0.05) is 29.7 Å². The molecule has 0 spiro atoms. The molecule has 1 aliphatic carbocycles. The van der Waals surface area contributed by atoms with Crippen molar-refractivity contribution < 1.29 is 37.4 Å². The number of nitrogens with two attached hydrogens (primary N) is 1. The number of aliphatic hydroxyl groups is 1. The number of carbonyl (C=O) groups excluding carboxylic acids is 2. The van der Waals surface area contributed by atoms with Crippen molar-refractivity contribution in [1.29, 1.82) is 0 Å². The lowest BCUT2D eigenvalue weighted by Gasteiger charge is -2.30. The second-order valence-corrected chi connectivity index (χ2v) is 11.9. The lowest BCUT2D eigenvalue weighted by atomic mass is 9.87. The molecule has 2 amide bonds. The topological polar surface area (TPSA) is 150 Å². The smallest absolute Gasteiger partial charge is 0.251 e. The summed E-state index contributed by atoms with van der Waals surface area (Å²) in [6.07, 6.45) is 1.44. The van der Waals surface area contributed by atoms with Gasteiger partial charge in [0.1, 0.15) is 34.4 Å². The molecule has 5 aromatic rings. The molecule has 6 rings (SSSR count). The molecule has 2 heterocycles. The predicted octanol–water partition coefficient (Wildman–Crippen LogP) is 5.76. The highest BCUT2D eigenvalue weighted by Gasteiger charge is 2.36. The Hall–Kier alpha value is -5.07. The number of amides is 2. The molecular weight excluding hydrogens is 646 g/mol. The molecule has 0 aliphatic heterocycles. The van der Waals surface area contributed by atoms with Crippen LogP contribution in [0, 0.1) is 18.6 Å². The van der Waals surface area contributed by atoms with Gasteiger partial charge in [0.25, 0.3) is 5.91 Å². The molecule has 248 valence electrons. The van der Waals surface area contributed by atoms with Crippen molar-refractivity contribution in [3.63, 3.8) is 0 Å². The molecule has 3 aromatic carbocycles. The van der Waals surface area contributed by atoms with Gasteiger partial charge in [0.2, 0.25) is 5.91 Å². The lowest BCUT2D eigenvalue weighted by Crippen LogP contribution is -2.42. The Morgan fingerprint density at radius 1 is 1.10 bits per heavy atom. The molecule has 1 atom stereocenters. The van der Waals surface area contributed by atoms with Crippen LogP contribution in [-0.4, -0.2) is 46.1 Å². The normalized spacial score (nSPS) is 14.0. The highest BCUT2D eigenvalue weighted by Crippen LogP contribution is 2.40. The first-order valence-electron chi connectivity index (χ1n) is 15.2. The molecule has 0 radical (unpaired) electrons. The van der Waals surface area contributed by atoms with Gasteiger partial charge in [-0.15, -0.1) is 0 Å². The Morgan fingerprint density at radius 3 is 2.54 bits per heavy atom. The van der Waals surface area contributed by atoms with E-state index in [0.717, 1.165) is 18.9 Å². The maximum absolute atomic E-state index is 15.3. The molecule has 1 fully saturated rings. The molecule has 1 saturated carbocycles. The molecule has 48 heavy (non-hydrogen) atoms. The van der Waals surface area contributed by atoms with Gasteiger partial charge < -0.3 is 30.0 Å². The van der Waals surface area contributed by atoms with Crippen LogP contribution in [0.15, 0.2) is 65.1 Å². The summed E-state index contributed by atoms with van der Waals surface area (Å²) in [5, 5.41) is 14.9. The average molecular weight is 677 g/mol. The minimum absolute atomic E-state index is 0.0000764. The summed E-state index contributed by atoms with van der Waals surface area (Å²) < 4.78 is 47.0. The lowest BCUT2D eigenvalue weighted by molar-refractivity contribution is -0.117. The number of oxazole rings is 1. The quantitative estimate of drug-likeness (QED) is 0.141. The molecule has 0 saturated heterocycles. The zero-order chi connectivity index (χ0) is 34.2. The van der Waals surface area contributed by atoms with Gasteiger partial charge in [-0.1, -0.05) is 41.9 Å². The fourth-order valence-corrected chi connectivity index (χ4v) is 5.53. The van der Waals surface area contributed by atoms with Crippen molar-refractivity contribution >= 4 is 34.5 Å². The molecule has 2 aromatic heterocycles. The van der Waals surface area contributed by atoms with Crippen molar-refractivity contribution in [1.82, 2.24) is 15.3 Å². The van der Waals surface area contributed by atoms with Gasteiger partial charge >= 0.3 is 0 Å². The number of aromatic nitrogens is 2. The van der Waals surface area contributed by atoms with E-state index in [-0.39, 0.29) is 58.0 Å². The van der Waals surface area contributed by atoms with Crippen molar-refractivity contribution in [2.75, 3.05) is 13.2 Å². The van der Waals surface area contributed by atoms with Crippen LogP contribution in [-0.2, 0) is 16.8 Å². The van der Waals surface area contributed by atoms with Crippen LogP contribution in [0.25, 0.3) is 22.4 Å². The van der Waals surface area contributed by atoms with Gasteiger partial charge in [0.15, 0.2) is 17.0 Å². The Labute approximate surface area is 278 Å². The van der Waals surface area contributed by atoms with Gasteiger partial charge in [-0.2, -0.15) is 0 Å². The number of benzene rings is 3. The van der Waals surface area contributed by atoms with E-state index in [1.807, 2.05) is 0 Å². The van der Waals surface area contributed by atoms with E-state index in [2.05, 4.69) is 15.3 Å². The second kappa shape index (κ2) is 13.2. The zero-order valence-electron chi connectivity index (χ0n) is 26.0. The molecule has 0 unspecified atom stereocenters. The fraction of sp³-hybridized carbons (Fsp3) is 0.257. The summed E-state index contributed by atoms with van der Waals surface area (Å²) in [5.74, 6) is -2.49. The number of ether oxygens (including phenoxy) is 2. The van der Waals surface area contributed by atoms with Crippen LogP contribution >= 0.6 is 11.6 Å². The van der Waals surface area contributed by atoms with Gasteiger partial charge in [-0.05, 0) is 49.6 Å². The number of halogens is 3. The van der Waals surface area contributed by atoms with Crippen molar-refractivity contribution in [2.24, 2.45) is 5.73 Å². The summed E-state index contributed by atoms with van der Waals surface area (Å²) in [6, 6.07) is 14.5. The van der Waals surface area contributed by atoms with Crippen molar-refractivity contribution in [2.45, 2.75) is 44.8 Å². The Balaban J connectivity index is 1.46. The number of hydrogen-bond donors (Lipinski definition) is 3. The number of nitrogens with one attached hydrogen (secondary N) is 1. The minimum atomic E-state index is -2.05. The molecule has 10 nitrogen and oxygen atoms in total. The number of primary amides is 1. The number of pyridine rings is 1. The Kier molecular flexibility index (Phi) is 9.04. The Morgan fingerprint density at radius 2 is 1.85 bits per heavy atom. The minimum Gasteiger partial charge on any atom is -0.491 e. The standard InChI is InChI=1S/C35H31ClF2N4O6/c1-3-46-33-19(14-30(39)43)13-29(42-31(33)23-15-24(36)26(38)16-25(23)37)35(45,21-7-5-4-6-8-21)17-40-34(44)20-11-27-32(41-18(2)47-27)28(12-20)48-22-9-10-22/h4-8,11-13,15-16,22,45H,3,9-10,14,17H2,1-2H3,(H2,39,43)(H,40,44)/t35-/m1/s1. The number of rotatable bonds is 12. The number of nitrogens with zero attached hydrogens (tertiary/aromatic N) is 2. The summed E-state index contributed by atoms with van der Waals surface area (Å²) in [6.45, 7) is 3.03. The van der Waals surface area contributed by atoms with Crippen LogP contribution in [0.2, 0.25) is 5.02 Å². The van der Waals surface area contributed by atoms with E-state index in [0.29, 0.717) is 34.4 Å². The number of fused-ring (bicyclic) bond motifs is 1. The van der Waals surface area contributed by atoms with E-state index in [1.165, 1.54) is 12.1 Å². The van der Waals surface area contributed by atoms with Crippen LogP contribution in [0.3, 0.4) is 0 Å². The fourth-order valence-electron chi connectivity index (χ4n) is 5.37. The van der Waals surface area contributed by atoms with Crippen molar-refractivity contribution in [3.05, 3.63) is 106 Å². The first-order valence-corrected chi connectivity index (χ1v) is 15.6. The molecular formula is C35H31ClF2N4O6. The van der Waals surface area contributed by atoms with E-state index < -0.39 is 35.6 Å². The third-order valence-electron chi connectivity index (χ3n) is 7.80. The second-order valence-electron chi connectivity index (χ2n) is 11.4. The summed E-state index contributed by atoms with van der Waals surface area (Å²) in [5.41, 5.74) is 4.60. The zero-order valence-corrected chi connectivity index (χ0v) is 26.7.